The van der Waals surface area contributed by atoms with Gasteiger partial charge in [0.25, 0.3) is 5.91 Å². The Labute approximate surface area is 176 Å². The van der Waals surface area contributed by atoms with Crippen LogP contribution in [0.25, 0.3) is 0 Å². The fourth-order valence-corrected chi connectivity index (χ4v) is 3.62. The molecule has 5 nitrogen and oxygen atoms in total. The van der Waals surface area contributed by atoms with E-state index in [0.29, 0.717) is 28.9 Å². The minimum Gasteiger partial charge on any atom is -0.488 e. The number of hydrogen-bond acceptors (Lipinski definition) is 4. The van der Waals surface area contributed by atoms with Gasteiger partial charge in [-0.2, -0.15) is 0 Å². The fraction of sp³-hybridized carbons (Fsp3) is 0.391. The minimum absolute atomic E-state index is 0.157. The molecule has 1 fully saturated rings. The second-order valence-corrected chi connectivity index (χ2v) is 7.86. The number of amides is 1. The minimum atomic E-state index is -0.580. The van der Waals surface area contributed by atoms with Crippen molar-refractivity contribution in [2.45, 2.75) is 45.3 Å². The summed E-state index contributed by atoms with van der Waals surface area (Å²) in [6, 6.07) is 14.3. The SMILES string of the molecule is C[C@H]1CCCC[C@@H]1NC(=O)COC(=O)c1ccccc1OCc1ccc(Cl)cc1. The largest absolute Gasteiger partial charge is 0.488 e. The molecule has 0 heterocycles. The van der Waals surface area contributed by atoms with E-state index in [0.717, 1.165) is 24.8 Å². The Hall–Kier alpha value is -2.53. The van der Waals surface area contributed by atoms with Gasteiger partial charge < -0.3 is 14.8 Å². The van der Waals surface area contributed by atoms with Crippen molar-refractivity contribution in [3.8, 4) is 5.75 Å². The zero-order valence-electron chi connectivity index (χ0n) is 16.5. The molecule has 1 aliphatic rings. The number of halogens is 1. The summed E-state index contributed by atoms with van der Waals surface area (Å²) in [4.78, 5) is 24.7. The molecule has 0 spiro atoms. The molecule has 0 bridgehead atoms. The topological polar surface area (TPSA) is 64.6 Å². The molecule has 0 aliphatic heterocycles. The van der Waals surface area contributed by atoms with Crippen LogP contribution in [0, 0.1) is 5.92 Å². The summed E-state index contributed by atoms with van der Waals surface area (Å²) in [6.07, 6.45) is 4.41. The molecule has 1 aliphatic carbocycles. The van der Waals surface area contributed by atoms with E-state index in [-0.39, 0.29) is 18.6 Å². The first kappa shape index (κ1) is 21.2. The molecule has 2 aromatic rings. The van der Waals surface area contributed by atoms with Gasteiger partial charge in [0.05, 0.1) is 0 Å². The number of benzene rings is 2. The molecule has 1 saturated carbocycles. The lowest BCUT2D eigenvalue weighted by Crippen LogP contribution is -2.42. The van der Waals surface area contributed by atoms with Gasteiger partial charge >= 0.3 is 5.97 Å². The van der Waals surface area contributed by atoms with Crippen molar-refractivity contribution in [1.29, 1.82) is 0 Å². The number of hydrogen-bond donors (Lipinski definition) is 1. The molecule has 1 N–H and O–H groups in total. The van der Waals surface area contributed by atoms with E-state index in [1.54, 1.807) is 36.4 Å². The molecule has 154 valence electrons. The van der Waals surface area contributed by atoms with Gasteiger partial charge in [0.2, 0.25) is 0 Å². The summed E-state index contributed by atoms with van der Waals surface area (Å²) >= 11 is 5.89. The van der Waals surface area contributed by atoms with Crippen LogP contribution in [0.15, 0.2) is 48.5 Å². The molecule has 29 heavy (non-hydrogen) atoms. The summed E-state index contributed by atoms with van der Waals surface area (Å²) in [7, 11) is 0. The summed E-state index contributed by atoms with van der Waals surface area (Å²) in [5.74, 6) is 0.0133. The molecule has 1 amide bonds. The molecular weight excluding hydrogens is 390 g/mol. The lowest BCUT2D eigenvalue weighted by molar-refractivity contribution is -0.125. The van der Waals surface area contributed by atoms with Gasteiger partial charge in [-0.15, -0.1) is 0 Å². The first-order chi connectivity index (χ1) is 14.0. The molecular formula is C23H26ClNO4. The Morgan fingerprint density at radius 1 is 1.07 bits per heavy atom. The van der Waals surface area contributed by atoms with E-state index in [9.17, 15) is 9.59 Å². The number of nitrogens with one attached hydrogen (secondary N) is 1. The molecule has 6 heteroatoms. The maximum absolute atomic E-state index is 12.5. The summed E-state index contributed by atoms with van der Waals surface area (Å²) < 4.78 is 11.0. The highest BCUT2D eigenvalue weighted by atomic mass is 35.5. The summed E-state index contributed by atoms with van der Waals surface area (Å²) in [6.45, 7) is 2.14. The smallest absolute Gasteiger partial charge is 0.342 e. The van der Waals surface area contributed by atoms with Gasteiger partial charge in [-0.05, 0) is 48.6 Å². The zero-order valence-corrected chi connectivity index (χ0v) is 17.3. The Morgan fingerprint density at radius 2 is 1.79 bits per heavy atom. The van der Waals surface area contributed by atoms with Crippen LogP contribution in [0.5, 0.6) is 5.75 Å². The maximum Gasteiger partial charge on any atom is 0.342 e. The van der Waals surface area contributed by atoms with Gasteiger partial charge in [-0.25, -0.2) is 4.79 Å². The predicted molar refractivity (Wildman–Crippen MR) is 112 cm³/mol. The van der Waals surface area contributed by atoms with Gasteiger partial charge in [0.1, 0.15) is 17.9 Å². The molecule has 0 aromatic heterocycles. The van der Waals surface area contributed by atoms with Crippen LogP contribution in [-0.4, -0.2) is 24.5 Å². The van der Waals surface area contributed by atoms with Gasteiger partial charge in [-0.3, -0.25) is 4.79 Å². The van der Waals surface area contributed by atoms with E-state index >= 15 is 0 Å². The predicted octanol–water partition coefficient (Wildman–Crippen LogP) is 4.77. The second kappa shape index (κ2) is 10.3. The van der Waals surface area contributed by atoms with Gasteiger partial charge in [0.15, 0.2) is 6.61 Å². The van der Waals surface area contributed by atoms with Crippen molar-refractivity contribution in [3.05, 3.63) is 64.7 Å². The zero-order chi connectivity index (χ0) is 20.6. The lowest BCUT2D eigenvalue weighted by Gasteiger charge is -2.29. The Kier molecular flexibility index (Phi) is 7.53. The molecule has 2 aromatic carbocycles. The Morgan fingerprint density at radius 3 is 2.55 bits per heavy atom. The van der Waals surface area contributed by atoms with Crippen LogP contribution in [0.4, 0.5) is 0 Å². The maximum atomic E-state index is 12.5. The number of carbonyl (C=O) groups excluding carboxylic acids is 2. The van der Waals surface area contributed by atoms with E-state index in [1.165, 1.54) is 6.42 Å². The fourth-order valence-electron chi connectivity index (χ4n) is 3.49. The molecule has 0 radical (unpaired) electrons. The quantitative estimate of drug-likeness (QED) is 0.661. The lowest BCUT2D eigenvalue weighted by atomic mass is 9.86. The van der Waals surface area contributed by atoms with Crippen molar-refractivity contribution < 1.29 is 19.1 Å². The molecule has 0 unspecified atom stereocenters. The highest BCUT2D eigenvalue weighted by Crippen LogP contribution is 2.24. The highest BCUT2D eigenvalue weighted by Gasteiger charge is 2.23. The third kappa shape index (κ3) is 6.23. The van der Waals surface area contributed by atoms with Crippen molar-refractivity contribution >= 4 is 23.5 Å². The van der Waals surface area contributed by atoms with Crippen molar-refractivity contribution in [1.82, 2.24) is 5.32 Å². The van der Waals surface area contributed by atoms with Crippen LogP contribution >= 0.6 is 11.6 Å². The molecule has 3 rings (SSSR count). The van der Waals surface area contributed by atoms with Crippen LogP contribution in [0.3, 0.4) is 0 Å². The van der Waals surface area contributed by atoms with Gasteiger partial charge in [-0.1, -0.05) is 55.6 Å². The Balaban J connectivity index is 1.53. The monoisotopic (exact) mass is 415 g/mol. The Bertz CT molecular complexity index is 837. The van der Waals surface area contributed by atoms with Crippen LogP contribution in [0.2, 0.25) is 5.02 Å². The normalized spacial score (nSPS) is 18.7. The first-order valence-corrected chi connectivity index (χ1v) is 10.3. The number of esters is 1. The number of carbonyl (C=O) groups is 2. The van der Waals surface area contributed by atoms with E-state index in [1.807, 2.05) is 12.1 Å². The van der Waals surface area contributed by atoms with E-state index in [2.05, 4.69) is 12.2 Å². The van der Waals surface area contributed by atoms with Crippen LogP contribution in [0.1, 0.15) is 48.5 Å². The standard InChI is InChI=1S/C23H26ClNO4/c1-16-6-2-4-8-20(16)25-22(26)15-29-23(27)19-7-3-5-9-21(19)28-14-17-10-12-18(24)13-11-17/h3,5,7,9-13,16,20H,2,4,6,8,14-15H2,1H3,(H,25,26)/t16-,20-/m0/s1. The number of ether oxygens (including phenoxy) is 2. The van der Waals surface area contributed by atoms with E-state index < -0.39 is 5.97 Å². The third-order valence-corrected chi connectivity index (χ3v) is 5.46. The van der Waals surface area contributed by atoms with Crippen molar-refractivity contribution in [2.75, 3.05) is 6.61 Å². The van der Waals surface area contributed by atoms with Crippen LogP contribution in [-0.2, 0) is 16.1 Å². The highest BCUT2D eigenvalue weighted by molar-refractivity contribution is 6.30. The second-order valence-electron chi connectivity index (χ2n) is 7.42. The molecule has 0 saturated heterocycles. The van der Waals surface area contributed by atoms with Gasteiger partial charge in [0, 0.05) is 11.1 Å². The van der Waals surface area contributed by atoms with Crippen LogP contribution < -0.4 is 10.1 Å². The third-order valence-electron chi connectivity index (χ3n) is 5.21. The first-order valence-electron chi connectivity index (χ1n) is 9.95. The average molecular weight is 416 g/mol. The average Bonchev–Trinajstić information content (AvgIpc) is 2.73. The van der Waals surface area contributed by atoms with Crippen molar-refractivity contribution in [3.63, 3.8) is 0 Å². The number of rotatable bonds is 7. The van der Waals surface area contributed by atoms with Crippen molar-refractivity contribution in [2.24, 2.45) is 5.92 Å². The summed E-state index contributed by atoms with van der Waals surface area (Å²) in [5.41, 5.74) is 1.22. The molecule has 2 atom stereocenters. The number of para-hydroxylation sites is 1. The van der Waals surface area contributed by atoms with E-state index in [4.69, 9.17) is 21.1 Å². The summed E-state index contributed by atoms with van der Waals surface area (Å²) in [5, 5.41) is 3.63.